The van der Waals surface area contributed by atoms with Gasteiger partial charge in [-0.2, -0.15) is 0 Å². The van der Waals surface area contributed by atoms with Crippen molar-refractivity contribution in [3.8, 4) is 0 Å². The van der Waals surface area contributed by atoms with Gasteiger partial charge in [0.2, 0.25) is 5.91 Å². The third kappa shape index (κ3) is 6.90. The number of likely N-dealkylation sites (N-methyl/N-ethyl adjacent to an activating group) is 1. The van der Waals surface area contributed by atoms with E-state index in [1.807, 2.05) is 12.1 Å². The lowest BCUT2D eigenvalue weighted by molar-refractivity contribution is -0.127. The van der Waals surface area contributed by atoms with Crippen LogP contribution in [0, 0.1) is 0 Å². The maximum atomic E-state index is 11.9. The molecule has 1 aromatic rings. The molecule has 0 aromatic carbocycles. The number of carbonyl (C=O) groups excluding carboxylic acids is 1. The lowest BCUT2D eigenvalue weighted by Crippen LogP contribution is -2.47. The fraction of sp³-hybridized carbons (Fsp3) is 0.700. The van der Waals surface area contributed by atoms with Crippen LogP contribution >= 0.6 is 0 Å². The Morgan fingerprint density at radius 3 is 2.67 bits per heavy atom. The first-order chi connectivity index (χ1) is 13.0. The maximum absolute atomic E-state index is 11.9. The van der Waals surface area contributed by atoms with Gasteiger partial charge in [-0.3, -0.25) is 9.69 Å². The third-order valence-electron chi connectivity index (χ3n) is 5.03. The Bertz CT molecular complexity index is 579. The van der Waals surface area contributed by atoms with E-state index in [0.29, 0.717) is 12.5 Å². The Morgan fingerprint density at radius 2 is 2.07 bits per heavy atom. The summed E-state index contributed by atoms with van der Waals surface area (Å²) in [6.07, 6.45) is 6.45. The van der Waals surface area contributed by atoms with Gasteiger partial charge in [-0.25, -0.2) is 4.99 Å². The molecule has 0 aliphatic carbocycles. The maximum Gasteiger partial charge on any atom is 0.243 e. The van der Waals surface area contributed by atoms with Crippen LogP contribution in [0.15, 0.2) is 27.8 Å². The van der Waals surface area contributed by atoms with Crippen LogP contribution < -0.4 is 10.6 Å². The molecule has 0 radical (unpaired) electrons. The highest BCUT2D eigenvalue weighted by atomic mass is 16.3. The van der Waals surface area contributed by atoms with Crippen molar-refractivity contribution in [2.45, 2.75) is 51.6 Å². The number of piperidine rings is 1. The number of nitrogens with one attached hydrogen (secondary N) is 2. The highest BCUT2D eigenvalue weighted by Gasteiger charge is 2.24. The Balaban J connectivity index is 2.06. The second-order valence-electron chi connectivity index (χ2n) is 7.42. The first-order valence-corrected chi connectivity index (χ1v) is 10.0. The van der Waals surface area contributed by atoms with E-state index in [0.717, 1.165) is 25.3 Å². The van der Waals surface area contributed by atoms with Gasteiger partial charge in [-0.05, 0) is 51.4 Å². The van der Waals surface area contributed by atoms with Gasteiger partial charge in [0.1, 0.15) is 12.3 Å². The number of amides is 1. The largest absolute Gasteiger partial charge is 0.468 e. The van der Waals surface area contributed by atoms with Crippen molar-refractivity contribution in [3.63, 3.8) is 0 Å². The number of carbonyl (C=O) groups is 1. The SMILES string of the molecule is CCC(C)NC(=NCC(=O)N(C)C)NCC(c1ccco1)N1CCCCC1. The predicted octanol–water partition coefficient (Wildman–Crippen LogP) is 2.23. The molecule has 2 rings (SSSR count). The number of hydrogen-bond acceptors (Lipinski definition) is 4. The van der Waals surface area contributed by atoms with Crippen LogP contribution in [0.1, 0.15) is 51.3 Å². The summed E-state index contributed by atoms with van der Waals surface area (Å²) < 4.78 is 5.71. The minimum absolute atomic E-state index is 0.0149. The number of likely N-dealkylation sites (tertiary alicyclic amines) is 1. The van der Waals surface area contributed by atoms with E-state index in [1.54, 1.807) is 25.3 Å². The average molecular weight is 378 g/mol. The molecule has 2 N–H and O–H groups in total. The predicted molar refractivity (Wildman–Crippen MR) is 109 cm³/mol. The zero-order chi connectivity index (χ0) is 19.6. The molecule has 1 amide bonds. The monoisotopic (exact) mass is 377 g/mol. The van der Waals surface area contributed by atoms with Crippen molar-refractivity contribution in [2.75, 3.05) is 40.3 Å². The normalized spacial score (nSPS) is 18.0. The third-order valence-corrected chi connectivity index (χ3v) is 5.03. The lowest BCUT2D eigenvalue weighted by atomic mass is 10.1. The van der Waals surface area contributed by atoms with Gasteiger partial charge in [-0.1, -0.05) is 13.3 Å². The number of furan rings is 1. The number of guanidine groups is 1. The molecule has 7 heteroatoms. The van der Waals surface area contributed by atoms with Gasteiger partial charge in [0.15, 0.2) is 5.96 Å². The van der Waals surface area contributed by atoms with Gasteiger partial charge in [0.25, 0.3) is 0 Å². The molecule has 2 heterocycles. The van der Waals surface area contributed by atoms with Crippen LogP contribution in [0.2, 0.25) is 0 Å². The molecule has 1 saturated heterocycles. The number of nitrogens with zero attached hydrogens (tertiary/aromatic N) is 3. The topological polar surface area (TPSA) is 73.1 Å². The van der Waals surface area contributed by atoms with Crippen LogP contribution in [0.3, 0.4) is 0 Å². The first-order valence-electron chi connectivity index (χ1n) is 10.0. The van der Waals surface area contributed by atoms with Gasteiger partial charge >= 0.3 is 0 Å². The first kappa shape index (κ1) is 21.3. The van der Waals surface area contributed by atoms with Crippen LogP contribution in [0.25, 0.3) is 0 Å². The van der Waals surface area contributed by atoms with Gasteiger partial charge in [-0.15, -0.1) is 0 Å². The van der Waals surface area contributed by atoms with E-state index >= 15 is 0 Å². The Kier molecular flexibility index (Phi) is 8.64. The van der Waals surface area contributed by atoms with Crippen LogP contribution in [0.5, 0.6) is 0 Å². The zero-order valence-corrected chi connectivity index (χ0v) is 17.2. The quantitative estimate of drug-likeness (QED) is 0.537. The minimum atomic E-state index is -0.0149. The van der Waals surface area contributed by atoms with Crippen LogP contribution in [-0.2, 0) is 4.79 Å². The van der Waals surface area contributed by atoms with E-state index in [-0.39, 0.29) is 24.5 Å². The van der Waals surface area contributed by atoms with E-state index in [4.69, 9.17) is 4.42 Å². The molecule has 1 aromatic heterocycles. The number of aliphatic imine (C=N–C) groups is 1. The molecule has 1 aliphatic rings. The molecule has 0 saturated carbocycles. The summed E-state index contributed by atoms with van der Waals surface area (Å²) >= 11 is 0. The molecule has 1 fully saturated rings. The summed E-state index contributed by atoms with van der Waals surface area (Å²) in [5.41, 5.74) is 0. The molecular weight excluding hydrogens is 342 g/mol. The number of rotatable bonds is 8. The van der Waals surface area contributed by atoms with Crippen molar-refractivity contribution in [1.82, 2.24) is 20.4 Å². The highest BCUT2D eigenvalue weighted by molar-refractivity contribution is 5.84. The fourth-order valence-corrected chi connectivity index (χ4v) is 3.09. The van der Waals surface area contributed by atoms with E-state index in [1.165, 1.54) is 19.3 Å². The summed E-state index contributed by atoms with van der Waals surface area (Å²) in [5, 5.41) is 6.81. The van der Waals surface area contributed by atoms with Crippen molar-refractivity contribution in [2.24, 2.45) is 4.99 Å². The second kappa shape index (κ2) is 11.0. The summed E-state index contributed by atoms with van der Waals surface area (Å²) in [5.74, 6) is 1.63. The smallest absolute Gasteiger partial charge is 0.243 e. The standard InChI is InChI=1S/C20H35N5O2/c1-5-16(2)23-20(22-15-19(26)24(3)4)21-14-17(18-10-9-13-27-18)25-11-7-6-8-12-25/h9-10,13,16-17H,5-8,11-12,14-15H2,1-4H3,(H2,21,22,23). The molecule has 27 heavy (non-hydrogen) atoms. The summed E-state index contributed by atoms with van der Waals surface area (Å²) in [7, 11) is 3.49. The molecule has 1 aliphatic heterocycles. The molecule has 2 atom stereocenters. The Labute approximate surface area is 163 Å². The van der Waals surface area contributed by atoms with Crippen LogP contribution in [-0.4, -0.2) is 68.0 Å². The van der Waals surface area contributed by atoms with Crippen molar-refractivity contribution >= 4 is 11.9 Å². The Hall–Kier alpha value is -2.02. The molecule has 2 unspecified atom stereocenters. The van der Waals surface area contributed by atoms with Gasteiger partial charge in [0.05, 0.1) is 12.3 Å². The van der Waals surface area contributed by atoms with Crippen molar-refractivity contribution in [1.29, 1.82) is 0 Å². The summed E-state index contributed by atoms with van der Waals surface area (Å²) in [6.45, 7) is 7.22. The van der Waals surface area contributed by atoms with E-state index in [2.05, 4.69) is 34.4 Å². The molecule has 0 spiro atoms. The Morgan fingerprint density at radius 1 is 1.33 bits per heavy atom. The average Bonchev–Trinajstić information content (AvgIpc) is 3.20. The second-order valence-corrected chi connectivity index (χ2v) is 7.42. The van der Waals surface area contributed by atoms with Crippen LogP contribution in [0.4, 0.5) is 0 Å². The zero-order valence-electron chi connectivity index (χ0n) is 17.2. The number of hydrogen-bond donors (Lipinski definition) is 2. The fourth-order valence-electron chi connectivity index (χ4n) is 3.09. The van der Waals surface area contributed by atoms with E-state index in [9.17, 15) is 4.79 Å². The summed E-state index contributed by atoms with van der Waals surface area (Å²) in [4.78, 5) is 20.4. The summed E-state index contributed by atoms with van der Waals surface area (Å²) in [6, 6.07) is 4.42. The van der Waals surface area contributed by atoms with Crippen molar-refractivity contribution in [3.05, 3.63) is 24.2 Å². The van der Waals surface area contributed by atoms with Crippen molar-refractivity contribution < 1.29 is 9.21 Å². The molecule has 152 valence electrons. The minimum Gasteiger partial charge on any atom is -0.468 e. The molecular formula is C20H35N5O2. The molecule has 0 bridgehead atoms. The molecule has 7 nitrogen and oxygen atoms in total. The van der Waals surface area contributed by atoms with E-state index < -0.39 is 0 Å². The van der Waals surface area contributed by atoms with Gasteiger partial charge in [0, 0.05) is 26.7 Å². The lowest BCUT2D eigenvalue weighted by Gasteiger charge is -2.34. The van der Waals surface area contributed by atoms with Gasteiger partial charge < -0.3 is 20.0 Å². The highest BCUT2D eigenvalue weighted by Crippen LogP contribution is 2.24.